The Morgan fingerprint density at radius 1 is 0.935 bits per heavy atom. The molecule has 1 aromatic heterocycles. The fourth-order valence-electron chi connectivity index (χ4n) is 4.18. The molecule has 0 unspecified atom stereocenters. The highest BCUT2D eigenvalue weighted by atomic mass is 16.7. The Kier molecular flexibility index (Phi) is 5.69. The summed E-state index contributed by atoms with van der Waals surface area (Å²) in [4.78, 5) is 19.6. The van der Waals surface area contributed by atoms with Crippen LogP contribution < -0.4 is 15.3 Å². The lowest BCUT2D eigenvalue weighted by atomic mass is 10.0. The SMILES string of the molecule is CN1CCN(c2ccc(Nc3cc(N4OCC[C@H]4c4ccccc4)ncn3)cc2)CC1. The maximum atomic E-state index is 5.91. The number of nitrogens with zero attached hydrogens (tertiary/aromatic N) is 5. The summed E-state index contributed by atoms with van der Waals surface area (Å²) in [5.74, 6) is 1.51. The van der Waals surface area contributed by atoms with Crippen molar-refractivity contribution in [3.05, 3.63) is 72.6 Å². The van der Waals surface area contributed by atoms with Crippen molar-refractivity contribution in [1.29, 1.82) is 0 Å². The van der Waals surface area contributed by atoms with E-state index in [1.165, 1.54) is 11.3 Å². The summed E-state index contributed by atoms with van der Waals surface area (Å²) in [7, 11) is 2.18. The van der Waals surface area contributed by atoms with Crippen LogP contribution in [0.1, 0.15) is 18.0 Å². The summed E-state index contributed by atoms with van der Waals surface area (Å²) >= 11 is 0. The number of anilines is 4. The predicted molar refractivity (Wildman–Crippen MR) is 124 cm³/mol. The average Bonchev–Trinajstić information content (AvgIpc) is 3.31. The second-order valence-corrected chi connectivity index (χ2v) is 8.10. The number of hydroxylamine groups is 1. The van der Waals surface area contributed by atoms with E-state index in [4.69, 9.17) is 4.84 Å². The predicted octanol–water partition coefficient (Wildman–Crippen LogP) is 3.86. The second kappa shape index (κ2) is 8.91. The zero-order valence-corrected chi connectivity index (χ0v) is 17.8. The topological polar surface area (TPSA) is 56.8 Å². The summed E-state index contributed by atoms with van der Waals surface area (Å²) in [6, 6.07) is 21.1. The molecule has 3 aromatic rings. The molecule has 2 aliphatic rings. The standard InChI is InChI=1S/C24H28N6O/c1-28-12-14-29(15-13-28)21-9-7-20(8-10-21)27-23-17-24(26-18-25-23)30-22(11-16-31-30)19-5-3-2-4-6-19/h2-10,17-18,22H,11-16H2,1H3,(H,25,26,27)/t22-/m0/s1. The van der Waals surface area contributed by atoms with E-state index in [2.05, 4.69) is 80.7 Å². The van der Waals surface area contributed by atoms with Crippen molar-refractivity contribution < 1.29 is 4.84 Å². The molecule has 160 valence electrons. The van der Waals surface area contributed by atoms with Crippen LogP contribution in [-0.4, -0.2) is 54.7 Å². The lowest BCUT2D eigenvalue weighted by molar-refractivity contribution is 0.157. The van der Waals surface area contributed by atoms with Crippen LogP contribution in [0.3, 0.4) is 0 Å². The van der Waals surface area contributed by atoms with Gasteiger partial charge in [-0.3, -0.25) is 4.84 Å². The Morgan fingerprint density at radius 3 is 2.48 bits per heavy atom. The quantitative estimate of drug-likeness (QED) is 0.678. The van der Waals surface area contributed by atoms with Crippen molar-refractivity contribution in [1.82, 2.24) is 14.9 Å². The van der Waals surface area contributed by atoms with Crippen molar-refractivity contribution in [2.45, 2.75) is 12.5 Å². The minimum atomic E-state index is 0.159. The maximum Gasteiger partial charge on any atom is 0.158 e. The number of hydrogen-bond donors (Lipinski definition) is 1. The number of piperazine rings is 1. The fraction of sp³-hybridized carbons (Fsp3) is 0.333. The molecule has 7 nitrogen and oxygen atoms in total. The Labute approximate surface area is 183 Å². The molecule has 31 heavy (non-hydrogen) atoms. The van der Waals surface area contributed by atoms with Crippen molar-refractivity contribution in [2.24, 2.45) is 0 Å². The number of aromatic nitrogens is 2. The highest BCUT2D eigenvalue weighted by Crippen LogP contribution is 2.34. The average molecular weight is 417 g/mol. The van der Waals surface area contributed by atoms with Crippen molar-refractivity contribution >= 4 is 23.0 Å². The maximum absolute atomic E-state index is 5.91. The Morgan fingerprint density at radius 2 is 1.71 bits per heavy atom. The molecule has 0 amide bonds. The number of nitrogens with one attached hydrogen (secondary N) is 1. The molecule has 5 rings (SSSR count). The molecule has 2 aromatic carbocycles. The van der Waals surface area contributed by atoms with E-state index < -0.39 is 0 Å². The first-order chi connectivity index (χ1) is 15.3. The molecule has 0 saturated carbocycles. The van der Waals surface area contributed by atoms with Gasteiger partial charge in [-0.05, 0) is 36.9 Å². The van der Waals surface area contributed by atoms with E-state index in [1.54, 1.807) is 6.33 Å². The molecule has 1 atom stereocenters. The van der Waals surface area contributed by atoms with Gasteiger partial charge in [-0.1, -0.05) is 30.3 Å². The van der Waals surface area contributed by atoms with E-state index in [1.807, 2.05) is 17.2 Å². The fourth-order valence-corrected chi connectivity index (χ4v) is 4.18. The van der Waals surface area contributed by atoms with E-state index in [0.29, 0.717) is 6.61 Å². The van der Waals surface area contributed by atoms with Gasteiger partial charge in [0.2, 0.25) is 0 Å². The normalized spacial score (nSPS) is 19.6. The van der Waals surface area contributed by atoms with E-state index >= 15 is 0 Å². The highest BCUT2D eigenvalue weighted by Gasteiger charge is 2.29. The van der Waals surface area contributed by atoms with Crippen LogP contribution in [0.4, 0.5) is 23.0 Å². The van der Waals surface area contributed by atoms with Gasteiger partial charge in [0.15, 0.2) is 5.82 Å². The van der Waals surface area contributed by atoms with Crippen LogP contribution in [0.2, 0.25) is 0 Å². The molecule has 2 saturated heterocycles. The zero-order chi connectivity index (χ0) is 21.0. The van der Waals surface area contributed by atoms with Gasteiger partial charge in [0.1, 0.15) is 12.1 Å². The van der Waals surface area contributed by atoms with E-state index in [9.17, 15) is 0 Å². The van der Waals surface area contributed by atoms with Gasteiger partial charge in [-0.15, -0.1) is 0 Å². The highest BCUT2D eigenvalue weighted by molar-refractivity contribution is 5.62. The molecule has 2 fully saturated rings. The third kappa shape index (κ3) is 4.47. The minimum absolute atomic E-state index is 0.159. The van der Waals surface area contributed by atoms with Crippen molar-refractivity contribution in [3.8, 4) is 0 Å². The van der Waals surface area contributed by atoms with Crippen LogP contribution in [0.15, 0.2) is 67.0 Å². The smallest absolute Gasteiger partial charge is 0.158 e. The summed E-state index contributed by atoms with van der Waals surface area (Å²) in [5.41, 5.74) is 3.50. The molecule has 0 radical (unpaired) electrons. The van der Waals surface area contributed by atoms with Crippen molar-refractivity contribution in [2.75, 3.05) is 55.1 Å². The Bertz CT molecular complexity index is 988. The molecule has 2 aliphatic heterocycles. The molecule has 3 heterocycles. The first-order valence-corrected chi connectivity index (χ1v) is 10.9. The van der Waals surface area contributed by atoms with Gasteiger partial charge in [0.25, 0.3) is 0 Å². The third-order valence-corrected chi connectivity index (χ3v) is 5.98. The Balaban J connectivity index is 1.28. The molecule has 0 aliphatic carbocycles. The molecular formula is C24H28N6O. The van der Waals surface area contributed by atoms with Crippen LogP contribution in [0, 0.1) is 0 Å². The lowest BCUT2D eigenvalue weighted by Gasteiger charge is -2.34. The second-order valence-electron chi connectivity index (χ2n) is 8.10. The van der Waals surface area contributed by atoms with E-state index in [0.717, 1.165) is 49.9 Å². The van der Waals surface area contributed by atoms with Crippen LogP contribution in [-0.2, 0) is 4.84 Å². The number of hydrogen-bond acceptors (Lipinski definition) is 7. The lowest BCUT2D eigenvalue weighted by Crippen LogP contribution is -2.44. The van der Waals surface area contributed by atoms with Crippen LogP contribution >= 0.6 is 0 Å². The number of benzene rings is 2. The summed E-state index contributed by atoms with van der Waals surface area (Å²) in [5, 5.41) is 5.30. The van der Waals surface area contributed by atoms with Gasteiger partial charge in [-0.25, -0.2) is 15.0 Å². The van der Waals surface area contributed by atoms with Gasteiger partial charge < -0.3 is 15.1 Å². The van der Waals surface area contributed by atoms with Crippen LogP contribution in [0.5, 0.6) is 0 Å². The summed E-state index contributed by atoms with van der Waals surface area (Å²) in [6.07, 6.45) is 2.52. The molecular weight excluding hydrogens is 388 g/mol. The molecule has 1 N–H and O–H groups in total. The van der Waals surface area contributed by atoms with Crippen molar-refractivity contribution in [3.63, 3.8) is 0 Å². The number of rotatable bonds is 5. The summed E-state index contributed by atoms with van der Waals surface area (Å²) in [6.45, 7) is 5.02. The summed E-state index contributed by atoms with van der Waals surface area (Å²) < 4.78 is 0. The van der Waals surface area contributed by atoms with Crippen LogP contribution in [0.25, 0.3) is 0 Å². The van der Waals surface area contributed by atoms with Gasteiger partial charge in [-0.2, -0.15) is 0 Å². The molecule has 7 heteroatoms. The monoisotopic (exact) mass is 416 g/mol. The molecule has 0 spiro atoms. The van der Waals surface area contributed by atoms with Gasteiger partial charge in [0, 0.05) is 50.0 Å². The largest absolute Gasteiger partial charge is 0.369 e. The Hall–Kier alpha value is -3.16. The van der Waals surface area contributed by atoms with Gasteiger partial charge in [0.05, 0.1) is 12.6 Å². The first kappa shape index (κ1) is 19.8. The minimum Gasteiger partial charge on any atom is -0.369 e. The first-order valence-electron chi connectivity index (χ1n) is 10.9. The third-order valence-electron chi connectivity index (χ3n) is 5.98. The van der Waals surface area contributed by atoms with E-state index in [-0.39, 0.29) is 6.04 Å². The molecule has 0 bridgehead atoms. The zero-order valence-electron chi connectivity index (χ0n) is 17.8. The number of likely N-dealkylation sites (N-methyl/N-ethyl adjacent to an activating group) is 1. The van der Waals surface area contributed by atoms with Gasteiger partial charge >= 0.3 is 0 Å².